The Balaban J connectivity index is 1.75. The summed E-state index contributed by atoms with van der Waals surface area (Å²) in [5, 5.41) is 2.72. The predicted octanol–water partition coefficient (Wildman–Crippen LogP) is 2.90. The second-order valence-electron chi connectivity index (χ2n) is 7.44. The Morgan fingerprint density at radius 2 is 1.57 bits per heavy atom. The van der Waals surface area contributed by atoms with E-state index in [4.69, 9.17) is 23.7 Å². The van der Waals surface area contributed by atoms with Crippen LogP contribution < -0.4 is 19.7 Å². The molecule has 0 unspecified atom stereocenters. The van der Waals surface area contributed by atoms with Crippen LogP contribution in [0.4, 0.5) is 11.4 Å². The van der Waals surface area contributed by atoms with E-state index in [1.807, 2.05) is 19.9 Å². The van der Waals surface area contributed by atoms with Gasteiger partial charge in [0.05, 0.1) is 56.0 Å². The summed E-state index contributed by atoms with van der Waals surface area (Å²) in [6.45, 7) is 6.63. The molecule has 0 bridgehead atoms. The summed E-state index contributed by atoms with van der Waals surface area (Å²) in [4.78, 5) is 39.2. The Morgan fingerprint density at radius 3 is 2.20 bits per heavy atom. The number of anilines is 2. The van der Waals surface area contributed by atoms with Crippen LogP contribution in [0.5, 0.6) is 11.5 Å². The minimum atomic E-state index is -0.816. The van der Waals surface area contributed by atoms with Gasteiger partial charge >= 0.3 is 11.9 Å². The van der Waals surface area contributed by atoms with Crippen LogP contribution in [0.3, 0.4) is 0 Å². The van der Waals surface area contributed by atoms with E-state index in [0.717, 1.165) is 5.69 Å². The van der Waals surface area contributed by atoms with Crippen LogP contribution in [-0.2, 0) is 19.0 Å². The standard InChI is InChI=1S/C25H30N2O8/c1-4-33-21-15-20(27-10-12-32-13-11-27)22(34-5-2)14-19(21)26-23(28)16-35-25(30)18-9-7-6-8-17(18)24(29)31-3/h6-9,14-15H,4-5,10-13,16H2,1-3H3,(H,26,28). The second kappa shape index (κ2) is 12.6. The fourth-order valence-corrected chi connectivity index (χ4v) is 3.59. The van der Waals surface area contributed by atoms with Gasteiger partial charge in [0.1, 0.15) is 11.5 Å². The van der Waals surface area contributed by atoms with Crippen molar-refractivity contribution < 1.29 is 38.1 Å². The minimum Gasteiger partial charge on any atom is -0.492 e. The maximum Gasteiger partial charge on any atom is 0.339 e. The number of rotatable bonds is 10. The van der Waals surface area contributed by atoms with Crippen molar-refractivity contribution >= 4 is 29.2 Å². The van der Waals surface area contributed by atoms with Gasteiger partial charge in [-0.05, 0) is 26.0 Å². The van der Waals surface area contributed by atoms with E-state index < -0.39 is 24.5 Å². The molecular formula is C25H30N2O8. The first-order chi connectivity index (χ1) is 17.0. The molecule has 1 amide bonds. The predicted molar refractivity (Wildman–Crippen MR) is 129 cm³/mol. The Morgan fingerprint density at radius 1 is 0.943 bits per heavy atom. The van der Waals surface area contributed by atoms with Crippen molar-refractivity contribution in [3.8, 4) is 11.5 Å². The first-order valence-electron chi connectivity index (χ1n) is 11.4. The molecule has 1 N–H and O–H groups in total. The van der Waals surface area contributed by atoms with E-state index >= 15 is 0 Å². The molecule has 1 heterocycles. The number of esters is 2. The van der Waals surface area contributed by atoms with Crippen LogP contribution in [0.25, 0.3) is 0 Å². The van der Waals surface area contributed by atoms with Gasteiger partial charge in [0.2, 0.25) is 0 Å². The fraction of sp³-hybridized carbons (Fsp3) is 0.400. The van der Waals surface area contributed by atoms with E-state index in [-0.39, 0.29) is 11.1 Å². The maximum absolute atomic E-state index is 12.6. The lowest BCUT2D eigenvalue weighted by atomic mass is 10.1. The van der Waals surface area contributed by atoms with Gasteiger partial charge in [-0.1, -0.05) is 12.1 Å². The number of nitrogens with zero attached hydrogens (tertiary/aromatic N) is 1. The summed E-state index contributed by atoms with van der Waals surface area (Å²) in [5.74, 6) is -1.00. The van der Waals surface area contributed by atoms with Crippen LogP contribution in [0.2, 0.25) is 0 Å². The van der Waals surface area contributed by atoms with Crippen molar-refractivity contribution in [2.75, 3.05) is 63.5 Å². The van der Waals surface area contributed by atoms with Crippen LogP contribution >= 0.6 is 0 Å². The highest BCUT2D eigenvalue weighted by Gasteiger charge is 2.22. The number of benzene rings is 2. The van der Waals surface area contributed by atoms with Gasteiger partial charge in [-0.2, -0.15) is 0 Å². The van der Waals surface area contributed by atoms with Crippen molar-refractivity contribution in [1.29, 1.82) is 0 Å². The summed E-state index contributed by atoms with van der Waals surface area (Å²) < 4.78 is 26.9. The third-order valence-electron chi connectivity index (χ3n) is 5.17. The minimum absolute atomic E-state index is 0.00986. The van der Waals surface area contributed by atoms with Gasteiger partial charge < -0.3 is 33.9 Å². The smallest absolute Gasteiger partial charge is 0.339 e. The van der Waals surface area contributed by atoms with Gasteiger partial charge in [-0.15, -0.1) is 0 Å². The number of carbonyl (C=O) groups excluding carboxylic acids is 3. The van der Waals surface area contributed by atoms with E-state index in [2.05, 4.69) is 10.2 Å². The number of morpholine rings is 1. The highest BCUT2D eigenvalue weighted by atomic mass is 16.5. The normalized spacial score (nSPS) is 13.1. The molecule has 188 valence electrons. The second-order valence-corrected chi connectivity index (χ2v) is 7.44. The lowest BCUT2D eigenvalue weighted by Crippen LogP contribution is -2.36. The van der Waals surface area contributed by atoms with E-state index in [9.17, 15) is 14.4 Å². The third kappa shape index (κ3) is 6.63. The van der Waals surface area contributed by atoms with Gasteiger partial charge in [0.15, 0.2) is 6.61 Å². The largest absolute Gasteiger partial charge is 0.492 e. The Hall–Kier alpha value is -3.79. The highest BCUT2D eigenvalue weighted by Crippen LogP contribution is 2.39. The number of amides is 1. The molecule has 3 rings (SSSR count). The van der Waals surface area contributed by atoms with Crippen LogP contribution in [0, 0.1) is 0 Å². The molecule has 1 fully saturated rings. The van der Waals surface area contributed by atoms with Crippen molar-refractivity contribution in [2.24, 2.45) is 0 Å². The number of ether oxygens (including phenoxy) is 5. The van der Waals surface area contributed by atoms with Gasteiger partial charge in [0, 0.05) is 25.2 Å². The molecule has 0 spiro atoms. The molecule has 10 nitrogen and oxygen atoms in total. The zero-order valence-electron chi connectivity index (χ0n) is 20.1. The Kier molecular flexibility index (Phi) is 9.31. The molecule has 0 atom stereocenters. The molecule has 35 heavy (non-hydrogen) atoms. The molecule has 1 aliphatic rings. The first kappa shape index (κ1) is 25.8. The number of carbonyl (C=O) groups is 3. The monoisotopic (exact) mass is 486 g/mol. The lowest BCUT2D eigenvalue weighted by Gasteiger charge is -2.31. The summed E-state index contributed by atoms with van der Waals surface area (Å²) >= 11 is 0. The Labute approximate surface area is 204 Å². The van der Waals surface area contributed by atoms with Gasteiger partial charge in [-0.3, -0.25) is 4.79 Å². The quantitative estimate of drug-likeness (QED) is 0.507. The number of hydrogen-bond donors (Lipinski definition) is 1. The average molecular weight is 487 g/mol. The number of hydrogen-bond acceptors (Lipinski definition) is 9. The fourth-order valence-electron chi connectivity index (χ4n) is 3.59. The molecule has 2 aromatic carbocycles. The summed E-state index contributed by atoms with van der Waals surface area (Å²) in [5.41, 5.74) is 1.31. The summed E-state index contributed by atoms with van der Waals surface area (Å²) in [6, 6.07) is 9.59. The van der Waals surface area contributed by atoms with E-state index in [1.54, 1.807) is 18.2 Å². The zero-order chi connectivity index (χ0) is 25.2. The van der Waals surface area contributed by atoms with Gasteiger partial charge in [0.25, 0.3) is 5.91 Å². The van der Waals surface area contributed by atoms with Crippen LogP contribution in [0.1, 0.15) is 34.6 Å². The average Bonchev–Trinajstić information content (AvgIpc) is 2.89. The lowest BCUT2D eigenvalue weighted by molar-refractivity contribution is -0.119. The molecule has 10 heteroatoms. The molecule has 0 saturated carbocycles. The van der Waals surface area contributed by atoms with Crippen molar-refractivity contribution in [3.63, 3.8) is 0 Å². The number of nitrogens with one attached hydrogen (secondary N) is 1. The SMILES string of the molecule is CCOc1cc(N2CCOCC2)c(OCC)cc1NC(=O)COC(=O)c1ccccc1C(=O)OC. The van der Waals surface area contributed by atoms with E-state index in [1.165, 1.54) is 19.2 Å². The summed E-state index contributed by atoms with van der Waals surface area (Å²) in [6.07, 6.45) is 0. The van der Waals surface area contributed by atoms with Crippen molar-refractivity contribution in [2.45, 2.75) is 13.8 Å². The van der Waals surface area contributed by atoms with E-state index in [0.29, 0.717) is 56.7 Å². The van der Waals surface area contributed by atoms with Crippen molar-refractivity contribution in [1.82, 2.24) is 0 Å². The molecule has 0 aromatic heterocycles. The summed E-state index contributed by atoms with van der Waals surface area (Å²) in [7, 11) is 1.22. The first-order valence-corrected chi connectivity index (χ1v) is 11.4. The van der Waals surface area contributed by atoms with Crippen LogP contribution in [-0.4, -0.2) is 71.1 Å². The van der Waals surface area contributed by atoms with Gasteiger partial charge in [-0.25, -0.2) is 9.59 Å². The third-order valence-corrected chi connectivity index (χ3v) is 5.17. The highest BCUT2D eigenvalue weighted by molar-refractivity contribution is 6.04. The molecule has 1 aliphatic heterocycles. The zero-order valence-corrected chi connectivity index (χ0v) is 20.1. The number of methoxy groups -OCH3 is 1. The molecule has 0 radical (unpaired) electrons. The van der Waals surface area contributed by atoms with Crippen molar-refractivity contribution in [3.05, 3.63) is 47.5 Å². The molecule has 2 aromatic rings. The Bertz CT molecular complexity index is 1050. The maximum atomic E-state index is 12.6. The molecule has 0 aliphatic carbocycles. The topological polar surface area (TPSA) is 113 Å². The molecular weight excluding hydrogens is 456 g/mol. The van der Waals surface area contributed by atoms with Crippen LogP contribution in [0.15, 0.2) is 36.4 Å². The molecule has 1 saturated heterocycles.